The molecule has 4 nitrogen and oxygen atoms in total. The van der Waals surface area contributed by atoms with E-state index in [9.17, 15) is 4.79 Å². The zero-order chi connectivity index (χ0) is 10.1. The van der Waals surface area contributed by atoms with Gasteiger partial charge in [0.15, 0.2) is 0 Å². The van der Waals surface area contributed by atoms with Gasteiger partial charge in [-0.15, -0.1) is 0 Å². The Kier molecular flexibility index (Phi) is 2.13. The van der Waals surface area contributed by atoms with Gasteiger partial charge in [-0.05, 0) is 18.6 Å². The highest BCUT2D eigenvalue weighted by molar-refractivity contribution is 5.95. The van der Waals surface area contributed by atoms with Crippen molar-refractivity contribution in [2.45, 2.75) is 12.5 Å². The van der Waals surface area contributed by atoms with Crippen LogP contribution in [0.25, 0.3) is 0 Å². The van der Waals surface area contributed by atoms with Crippen molar-refractivity contribution in [1.29, 1.82) is 0 Å². The maximum absolute atomic E-state index is 11.1. The average molecular weight is 192 g/mol. The third-order valence-corrected chi connectivity index (χ3v) is 2.32. The molecule has 0 bridgehead atoms. The van der Waals surface area contributed by atoms with Crippen molar-refractivity contribution in [3.8, 4) is 5.75 Å². The maximum atomic E-state index is 11.1. The number of hydrogen-bond acceptors (Lipinski definition) is 3. The highest BCUT2D eigenvalue weighted by Crippen LogP contribution is 2.26. The first-order chi connectivity index (χ1) is 6.68. The lowest BCUT2D eigenvalue weighted by Crippen LogP contribution is -2.35. The number of hydrogen-bond donors (Lipinski definition) is 2. The predicted octanol–water partition coefficient (Wildman–Crippen LogP) is 0.0477. The van der Waals surface area contributed by atoms with Gasteiger partial charge in [0, 0.05) is 17.2 Å². The molecule has 2 rings (SSSR count). The van der Waals surface area contributed by atoms with Crippen LogP contribution in [0.2, 0.25) is 0 Å². The summed E-state index contributed by atoms with van der Waals surface area (Å²) in [7, 11) is 0. The van der Waals surface area contributed by atoms with E-state index in [0.717, 1.165) is 11.3 Å². The van der Waals surface area contributed by atoms with Gasteiger partial charge >= 0.3 is 0 Å². The Bertz CT molecular complexity index is 376. The van der Waals surface area contributed by atoms with Crippen LogP contribution in [0, 0.1) is 0 Å². The van der Waals surface area contributed by atoms with Crippen LogP contribution < -0.4 is 16.2 Å². The molecule has 0 radical (unpaired) electrons. The predicted molar refractivity (Wildman–Crippen MR) is 52.1 cm³/mol. The molecule has 1 aliphatic heterocycles. The Labute approximate surface area is 81.8 Å². The Morgan fingerprint density at radius 3 is 3.00 bits per heavy atom. The van der Waals surface area contributed by atoms with Crippen molar-refractivity contribution < 1.29 is 9.53 Å². The molecular formula is C10H12N2O2. The van der Waals surface area contributed by atoms with E-state index in [1.165, 1.54) is 0 Å². The number of fused-ring (bicyclic) bond motifs is 1. The summed E-state index contributed by atoms with van der Waals surface area (Å²) in [6.45, 7) is 0.495. The standard InChI is InChI=1S/C10H12N2O2/c11-6-4-8-7(10(12)13)2-1-3-9(8)14-5-6/h1-3,6H,4-5,11H2,(H2,12,13). The number of carbonyl (C=O) groups is 1. The number of benzene rings is 1. The minimum Gasteiger partial charge on any atom is -0.492 e. The molecule has 0 saturated heterocycles. The second kappa shape index (κ2) is 3.31. The van der Waals surface area contributed by atoms with Crippen LogP contribution in [0.4, 0.5) is 0 Å². The first kappa shape index (κ1) is 9.02. The van der Waals surface area contributed by atoms with Gasteiger partial charge in [-0.1, -0.05) is 6.07 Å². The normalized spacial score (nSPS) is 19.6. The van der Waals surface area contributed by atoms with Crippen LogP contribution in [0.1, 0.15) is 15.9 Å². The molecular weight excluding hydrogens is 180 g/mol. The Morgan fingerprint density at radius 1 is 1.50 bits per heavy atom. The molecule has 0 aromatic heterocycles. The van der Waals surface area contributed by atoms with Crippen LogP contribution in [0.15, 0.2) is 18.2 Å². The third-order valence-electron chi connectivity index (χ3n) is 2.32. The number of carbonyl (C=O) groups excluding carboxylic acids is 1. The molecule has 4 N–H and O–H groups in total. The topological polar surface area (TPSA) is 78.3 Å². The van der Waals surface area contributed by atoms with Crippen LogP contribution in [-0.2, 0) is 6.42 Å². The number of nitrogens with two attached hydrogens (primary N) is 2. The second-order valence-electron chi connectivity index (χ2n) is 3.42. The molecule has 1 aromatic rings. The SMILES string of the molecule is NC(=O)c1cccc2c1CC(N)CO2. The van der Waals surface area contributed by atoms with Crippen molar-refractivity contribution in [1.82, 2.24) is 0 Å². The summed E-state index contributed by atoms with van der Waals surface area (Å²) in [4.78, 5) is 11.1. The van der Waals surface area contributed by atoms with Crippen LogP contribution in [-0.4, -0.2) is 18.6 Å². The van der Waals surface area contributed by atoms with E-state index in [4.69, 9.17) is 16.2 Å². The molecule has 1 atom stereocenters. The zero-order valence-corrected chi connectivity index (χ0v) is 7.69. The van der Waals surface area contributed by atoms with Crippen LogP contribution >= 0.6 is 0 Å². The van der Waals surface area contributed by atoms with E-state index in [2.05, 4.69) is 0 Å². The molecule has 1 heterocycles. The summed E-state index contributed by atoms with van der Waals surface area (Å²) in [5.41, 5.74) is 12.3. The average Bonchev–Trinajstić information content (AvgIpc) is 2.16. The highest BCUT2D eigenvalue weighted by Gasteiger charge is 2.21. The van der Waals surface area contributed by atoms with Crippen molar-refractivity contribution in [2.24, 2.45) is 11.5 Å². The molecule has 0 fully saturated rings. The molecule has 1 aromatic carbocycles. The minimum atomic E-state index is -0.431. The van der Waals surface area contributed by atoms with Gasteiger partial charge in [0.25, 0.3) is 0 Å². The second-order valence-corrected chi connectivity index (χ2v) is 3.42. The van der Waals surface area contributed by atoms with Crippen LogP contribution in [0.3, 0.4) is 0 Å². The van der Waals surface area contributed by atoms with E-state index in [1.807, 2.05) is 6.07 Å². The summed E-state index contributed by atoms with van der Waals surface area (Å²) >= 11 is 0. The summed E-state index contributed by atoms with van der Waals surface area (Å²) < 4.78 is 5.39. The molecule has 1 unspecified atom stereocenters. The molecule has 4 heteroatoms. The lowest BCUT2D eigenvalue weighted by molar-refractivity contribution is 0.0998. The molecule has 0 saturated carbocycles. The fraction of sp³-hybridized carbons (Fsp3) is 0.300. The third kappa shape index (κ3) is 1.44. The molecule has 1 aliphatic rings. The lowest BCUT2D eigenvalue weighted by atomic mass is 9.97. The van der Waals surface area contributed by atoms with E-state index in [-0.39, 0.29) is 6.04 Å². The van der Waals surface area contributed by atoms with Crippen molar-refractivity contribution in [2.75, 3.05) is 6.61 Å². The Morgan fingerprint density at radius 2 is 2.29 bits per heavy atom. The largest absolute Gasteiger partial charge is 0.492 e. The van der Waals surface area contributed by atoms with Gasteiger partial charge in [-0.2, -0.15) is 0 Å². The van der Waals surface area contributed by atoms with Gasteiger partial charge in [-0.3, -0.25) is 4.79 Å². The Balaban J connectivity index is 2.48. The summed E-state index contributed by atoms with van der Waals surface area (Å²) in [5.74, 6) is 0.294. The Hall–Kier alpha value is -1.55. The quantitative estimate of drug-likeness (QED) is 0.659. The van der Waals surface area contributed by atoms with Crippen molar-refractivity contribution >= 4 is 5.91 Å². The zero-order valence-electron chi connectivity index (χ0n) is 7.69. The molecule has 0 aliphatic carbocycles. The van der Waals surface area contributed by atoms with Gasteiger partial charge in [0.2, 0.25) is 5.91 Å². The molecule has 0 spiro atoms. The van der Waals surface area contributed by atoms with Gasteiger partial charge < -0.3 is 16.2 Å². The van der Waals surface area contributed by atoms with E-state index >= 15 is 0 Å². The summed E-state index contributed by atoms with van der Waals surface area (Å²) in [5, 5.41) is 0. The number of rotatable bonds is 1. The van der Waals surface area contributed by atoms with Crippen molar-refractivity contribution in [3.05, 3.63) is 29.3 Å². The monoisotopic (exact) mass is 192 g/mol. The van der Waals surface area contributed by atoms with Crippen LogP contribution in [0.5, 0.6) is 5.75 Å². The number of ether oxygens (including phenoxy) is 1. The van der Waals surface area contributed by atoms with Crippen molar-refractivity contribution in [3.63, 3.8) is 0 Å². The smallest absolute Gasteiger partial charge is 0.249 e. The fourth-order valence-electron chi connectivity index (χ4n) is 1.66. The highest BCUT2D eigenvalue weighted by atomic mass is 16.5. The first-order valence-electron chi connectivity index (χ1n) is 4.48. The van der Waals surface area contributed by atoms with Gasteiger partial charge in [0.05, 0.1) is 0 Å². The molecule has 14 heavy (non-hydrogen) atoms. The number of amides is 1. The number of primary amides is 1. The van der Waals surface area contributed by atoms with E-state index in [0.29, 0.717) is 18.6 Å². The summed E-state index contributed by atoms with van der Waals surface area (Å²) in [6.07, 6.45) is 0.647. The lowest BCUT2D eigenvalue weighted by Gasteiger charge is -2.23. The summed E-state index contributed by atoms with van der Waals surface area (Å²) in [6, 6.07) is 5.23. The van der Waals surface area contributed by atoms with E-state index < -0.39 is 5.91 Å². The van der Waals surface area contributed by atoms with Gasteiger partial charge in [-0.25, -0.2) is 0 Å². The maximum Gasteiger partial charge on any atom is 0.249 e. The minimum absolute atomic E-state index is 0.0528. The molecule has 74 valence electrons. The first-order valence-corrected chi connectivity index (χ1v) is 4.48. The fourth-order valence-corrected chi connectivity index (χ4v) is 1.66. The van der Waals surface area contributed by atoms with E-state index in [1.54, 1.807) is 12.1 Å². The molecule has 1 amide bonds. The van der Waals surface area contributed by atoms with Gasteiger partial charge in [0.1, 0.15) is 12.4 Å².